The summed E-state index contributed by atoms with van der Waals surface area (Å²) in [4.78, 5) is 33.3. The van der Waals surface area contributed by atoms with Crippen molar-refractivity contribution in [3.8, 4) is 0 Å². The first-order valence-corrected chi connectivity index (χ1v) is 11.2. The van der Waals surface area contributed by atoms with E-state index >= 15 is 0 Å². The molecular weight excluding hydrogens is 424 g/mol. The van der Waals surface area contributed by atoms with Gasteiger partial charge in [0.15, 0.2) is 0 Å². The molecule has 2 saturated heterocycles. The molecule has 2 aliphatic rings. The van der Waals surface area contributed by atoms with Gasteiger partial charge in [-0.2, -0.15) is 0 Å². The maximum atomic E-state index is 11.5. The SMILES string of the molecule is CCOC(=O)C1(C)OCC(CCC=O)CO1.CCOC(=O)C1(C)OCC(CCCO)CO1. The minimum absolute atomic E-state index is 0.172. The van der Waals surface area contributed by atoms with Crippen molar-refractivity contribution in [2.24, 2.45) is 11.8 Å². The van der Waals surface area contributed by atoms with E-state index < -0.39 is 23.5 Å². The van der Waals surface area contributed by atoms with E-state index in [1.807, 2.05) is 0 Å². The zero-order valence-electron chi connectivity index (χ0n) is 19.6. The van der Waals surface area contributed by atoms with E-state index in [1.54, 1.807) is 27.7 Å². The highest BCUT2D eigenvalue weighted by atomic mass is 16.7. The van der Waals surface area contributed by atoms with Crippen LogP contribution in [0.4, 0.5) is 0 Å². The van der Waals surface area contributed by atoms with Crippen molar-refractivity contribution < 1.29 is 47.9 Å². The van der Waals surface area contributed by atoms with Gasteiger partial charge in [-0.3, -0.25) is 0 Å². The number of esters is 2. The van der Waals surface area contributed by atoms with Crippen molar-refractivity contribution in [1.82, 2.24) is 0 Å². The average Bonchev–Trinajstić information content (AvgIpc) is 2.79. The summed E-state index contributed by atoms with van der Waals surface area (Å²) in [6.07, 6.45) is 3.66. The van der Waals surface area contributed by atoms with E-state index in [9.17, 15) is 14.4 Å². The van der Waals surface area contributed by atoms with Crippen molar-refractivity contribution >= 4 is 18.2 Å². The quantitative estimate of drug-likeness (QED) is 0.378. The highest BCUT2D eigenvalue weighted by Crippen LogP contribution is 2.26. The number of carbonyl (C=O) groups is 3. The number of aliphatic hydroxyl groups excluding tert-OH is 1. The number of hydrogen-bond donors (Lipinski definition) is 1. The van der Waals surface area contributed by atoms with Crippen LogP contribution in [0.1, 0.15) is 53.4 Å². The highest BCUT2D eigenvalue weighted by Gasteiger charge is 2.42. The summed E-state index contributed by atoms with van der Waals surface area (Å²) < 4.78 is 31.3. The molecule has 0 amide bonds. The molecule has 0 bridgehead atoms. The highest BCUT2D eigenvalue weighted by molar-refractivity contribution is 5.77. The molecule has 0 aromatic carbocycles. The lowest BCUT2D eigenvalue weighted by atomic mass is 10.0. The second-order valence-electron chi connectivity index (χ2n) is 7.92. The molecule has 2 heterocycles. The molecule has 2 fully saturated rings. The summed E-state index contributed by atoms with van der Waals surface area (Å²) in [7, 11) is 0. The number of rotatable bonds is 10. The van der Waals surface area contributed by atoms with Gasteiger partial charge >= 0.3 is 11.9 Å². The third-order valence-corrected chi connectivity index (χ3v) is 5.13. The van der Waals surface area contributed by atoms with Crippen LogP contribution in [0.2, 0.25) is 0 Å². The monoisotopic (exact) mass is 462 g/mol. The Morgan fingerprint density at radius 3 is 1.62 bits per heavy atom. The van der Waals surface area contributed by atoms with Crippen LogP contribution < -0.4 is 0 Å². The second kappa shape index (κ2) is 14.5. The first-order valence-electron chi connectivity index (χ1n) is 11.2. The van der Waals surface area contributed by atoms with E-state index in [0.29, 0.717) is 46.1 Å². The van der Waals surface area contributed by atoms with Crippen molar-refractivity contribution in [3.05, 3.63) is 0 Å². The topological polar surface area (TPSA) is 127 Å². The molecule has 32 heavy (non-hydrogen) atoms. The van der Waals surface area contributed by atoms with Gasteiger partial charge in [0.2, 0.25) is 0 Å². The van der Waals surface area contributed by atoms with E-state index in [1.165, 1.54) is 0 Å². The fourth-order valence-corrected chi connectivity index (χ4v) is 3.06. The van der Waals surface area contributed by atoms with Crippen LogP contribution in [0.5, 0.6) is 0 Å². The molecule has 186 valence electrons. The van der Waals surface area contributed by atoms with Gasteiger partial charge < -0.3 is 38.3 Å². The van der Waals surface area contributed by atoms with Crippen molar-refractivity contribution in [2.75, 3.05) is 46.2 Å². The smallest absolute Gasteiger partial charge is 0.366 e. The van der Waals surface area contributed by atoms with Crippen molar-refractivity contribution in [3.63, 3.8) is 0 Å². The molecule has 0 aromatic rings. The van der Waals surface area contributed by atoms with E-state index in [0.717, 1.165) is 25.5 Å². The van der Waals surface area contributed by atoms with Crippen LogP contribution in [0.25, 0.3) is 0 Å². The number of hydrogen-bond acceptors (Lipinski definition) is 10. The zero-order valence-corrected chi connectivity index (χ0v) is 19.6. The van der Waals surface area contributed by atoms with Gasteiger partial charge in [-0.15, -0.1) is 0 Å². The lowest BCUT2D eigenvalue weighted by Crippen LogP contribution is -2.48. The molecule has 0 spiro atoms. The van der Waals surface area contributed by atoms with Gasteiger partial charge in [0, 0.05) is 38.7 Å². The number of ether oxygens (including phenoxy) is 6. The minimum Gasteiger partial charge on any atom is -0.462 e. The summed E-state index contributed by atoms with van der Waals surface area (Å²) in [6.45, 7) is 9.17. The first kappa shape index (κ1) is 28.4. The average molecular weight is 463 g/mol. The molecule has 10 nitrogen and oxygen atoms in total. The lowest BCUT2D eigenvalue weighted by molar-refractivity contribution is -0.274. The summed E-state index contributed by atoms with van der Waals surface area (Å²) in [6, 6.07) is 0. The first-order chi connectivity index (χ1) is 15.2. The molecule has 0 atom stereocenters. The van der Waals surface area contributed by atoms with E-state index in [2.05, 4.69) is 0 Å². The number of carbonyl (C=O) groups excluding carboxylic acids is 3. The Hall–Kier alpha value is -1.59. The van der Waals surface area contributed by atoms with Gasteiger partial charge in [0.1, 0.15) is 6.29 Å². The molecule has 0 saturated carbocycles. The predicted molar refractivity (Wildman–Crippen MR) is 112 cm³/mol. The molecule has 0 aliphatic carbocycles. The van der Waals surface area contributed by atoms with Crippen LogP contribution in [0.15, 0.2) is 0 Å². The summed E-state index contributed by atoms with van der Waals surface area (Å²) in [5.41, 5.74) is 0. The molecule has 1 N–H and O–H groups in total. The van der Waals surface area contributed by atoms with Gasteiger partial charge in [-0.25, -0.2) is 9.59 Å². The van der Waals surface area contributed by atoms with Crippen LogP contribution in [-0.4, -0.2) is 81.2 Å². The molecule has 2 rings (SSSR count). The maximum absolute atomic E-state index is 11.5. The molecule has 10 heteroatoms. The summed E-state index contributed by atoms with van der Waals surface area (Å²) >= 11 is 0. The Morgan fingerprint density at radius 1 is 0.875 bits per heavy atom. The number of aliphatic hydroxyl groups is 1. The van der Waals surface area contributed by atoms with Gasteiger partial charge in [-0.1, -0.05) is 0 Å². The number of aldehydes is 1. The van der Waals surface area contributed by atoms with Crippen molar-refractivity contribution in [2.45, 2.75) is 65.0 Å². The molecular formula is C22H38O10. The Kier molecular flexibility index (Phi) is 12.9. The Balaban J connectivity index is 0.000000320. The fraction of sp³-hybridized carbons (Fsp3) is 0.864. The zero-order chi connectivity index (χ0) is 24.0. The largest absolute Gasteiger partial charge is 0.462 e. The van der Waals surface area contributed by atoms with Gasteiger partial charge in [0.05, 0.1) is 39.6 Å². The van der Waals surface area contributed by atoms with Crippen LogP contribution in [0.3, 0.4) is 0 Å². The Labute approximate surface area is 189 Å². The van der Waals surface area contributed by atoms with Crippen molar-refractivity contribution in [1.29, 1.82) is 0 Å². The standard InChI is InChI=1S/C11H20O5.C11H18O5/c2*1-3-14-10(13)11(2)15-7-9(8-16-11)5-4-6-12/h9,12H,3-8H2,1-2H3;6,9H,3-5,7-8H2,1-2H3. The normalized spacial score (nSPS) is 29.9. The van der Waals surface area contributed by atoms with Crippen LogP contribution in [0, 0.1) is 11.8 Å². The lowest BCUT2D eigenvalue weighted by Gasteiger charge is -2.35. The minimum atomic E-state index is -1.28. The summed E-state index contributed by atoms with van der Waals surface area (Å²) in [5, 5.41) is 8.70. The second-order valence-corrected chi connectivity index (χ2v) is 7.92. The third-order valence-electron chi connectivity index (χ3n) is 5.13. The van der Waals surface area contributed by atoms with Gasteiger partial charge in [0.25, 0.3) is 11.6 Å². The Morgan fingerprint density at radius 2 is 1.28 bits per heavy atom. The van der Waals surface area contributed by atoms with E-state index in [-0.39, 0.29) is 18.4 Å². The fourth-order valence-electron chi connectivity index (χ4n) is 3.06. The van der Waals surface area contributed by atoms with Gasteiger partial charge in [-0.05, 0) is 33.1 Å². The third kappa shape index (κ3) is 9.11. The summed E-state index contributed by atoms with van der Waals surface area (Å²) in [5.74, 6) is -3.10. The molecule has 0 unspecified atom stereocenters. The predicted octanol–water partition coefficient (Wildman–Crippen LogP) is 1.61. The maximum Gasteiger partial charge on any atom is 0.366 e. The Bertz CT molecular complexity index is 563. The van der Waals surface area contributed by atoms with E-state index in [4.69, 9.17) is 33.5 Å². The molecule has 0 aromatic heterocycles. The molecule has 2 aliphatic heterocycles. The van der Waals surface area contributed by atoms with Crippen LogP contribution >= 0.6 is 0 Å². The van der Waals surface area contributed by atoms with Crippen LogP contribution in [-0.2, 0) is 42.8 Å². The molecule has 0 radical (unpaired) electrons.